The molecular formula is C19H15N3O5. The molecule has 27 heavy (non-hydrogen) atoms. The predicted molar refractivity (Wildman–Crippen MR) is 96.4 cm³/mol. The second-order valence-electron chi connectivity index (χ2n) is 5.57. The van der Waals surface area contributed by atoms with E-state index >= 15 is 0 Å². The van der Waals surface area contributed by atoms with Gasteiger partial charge in [0.25, 0.3) is 11.6 Å². The number of hydrogen-bond acceptors (Lipinski definition) is 7. The van der Waals surface area contributed by atoms with E-state index < -0.39 is 17.0 Å². The van der Waals surface area contributed by atoms with Gasteiger partial charge >= 0.3 is 5.97 Å². The standard InChI is InChI=1S/C19H15N3O5/c1-13(26-17(23)12-7-14-5-3-2-4-6-14)18-20-21-19(27-18)15-8-10-16(11-9-15)22(24)25/h2-13H,1H3/b12-7+/t13-/m1/s1. The fourth-order valence-electron chi connectivity index (χ4n) is 2.23. The van der Waals surface area contributed by atoms with Crippen molar-refractivity contribution in [2.75, 3.05) is 0 Å². The lowest BCUT2D eigenvalue weighted by atomic mass is 10.2. The number of ether oxygens (including phenoxy) is 1. The molecule has 0 unspecified atom stereocenters. The van der Waals surface area contributed by atoms with E-state index in [1.165, 1.54) is 30.3 Å². The van der Waals surface area contributed by atoms with Crippen LogP contribution in [0.3, 0.4) is 0 Å². The summed E-state index contributed by atoms with van der Waals surface area (Å²) < 4.78 is 10.7. The number of nitro benzene ring substituents is 1. The summed E-state index contributed by atoms with van der Waals surface area (Å²) in [6, 6.07) is 15.0. The van der Waals surface area contributed by atoms with Crippen molar-refractivity contribution < 1.29 is 18.9 Å². The van der Waals surface area contributed by atoms with Gasteiger partial charge in [-0.3, -0.25) is 10.1 Å². The molecule has 2 aromatic carbocycles. The molecule has 3 aromatic rings. The van der Waals surface area contributed by atoms with Gasteiger partial charge in [0, 0.05) is 23.8 Å². The quantitative estimate of drug-likeness (QED) is 0.281. The Kier molecular flexibility index (Phi) is 5.36. The van der Waals surface area contributed by atoms with Crippen molar-refractivity contribution in [2.24, 2.45) is 0 Å². The van der Waals surface area contributed by atoms with Gasteiger partial charge in [-0.2, -0.15) is 0 Å². The molecule has 0 N–H and O–H groups in total. The number of nitrogens with zero attached hydrogens (tertiary/aromatic N) is 3. The second-order valence-corrected chi connectivity index (χ2v) is 5.57. The van der Waals surface area contributed by atoms with Crippen LogP contribution in [0.5, 0.6) is 0 Å². The number of nitro groups is 1. The van der Waals surface area contributed by atoms with Gasteiger partial charge in [-0.05, 0) is 30.7 Å². The molecule has 0 aliphatic rings. The predicted octanol–water partition coefficient (Wildman–Crippen LogP) is 3.96. The van der Waals surface area contributed by atoms with E-state index in [1.807, 2.05) is 30.3 Å². The van der Waals surface area contributed by atoms with Crippen LogP contribution < -0.4 is 0 Å². The number of rotatable bonds is 6. The van der Waals surface area contributed by atoms with E-state index in [1.54, 1.807) is 13.0 Å². The average molecular weight is 365 g/mol. The Labute approximate surface area is 154 Å². The molecule has 1 atom stereocenters. The topological polar surface area (TPSA) is 108 Å². The van der Waals surface area contributed by atoms with Crippen LogP contribution in [-0.2, 0) is 9.53 Å². The summed E-state index contributed by atoms with van der Waals surface area (Å²) in [4.78, 5) is 22.1. The van der Waals surface area contributed by atoms with Crippen molar-refractivity contribution in [1.82, 2.24) is 10.2 Å². The molecule has 0 radical (unpaired) electrons. The van der Waals surface area contributed by atoms with Gasteiger partial charge in [-0.25, -0.2) is 4.79 Å². The highest BCUT2D eigenvalue weighted by Gasteiger charge is 2.18. The molecular weight excluding hydrogens is 350 g/mol. The first kappa shape index (κ1) is 18.0. The highest BCUT2D eigenvalue weighted by atomic mass is 16.6. The summed E-state index contributed by atoms with van der Waals surface area (Å²) in [5, 5.41) is 18.4. The summed E-state index contributed by atoms with van der Waals surface area (Å²) in [6.45, 7) is 1.61. The Morgan fingerprint density at radius 2 is 1.85 bits per heavy atom. The number of carbonyl (C=O) groups is 1. The van der Waals surface area contributed by atoms with Crippen molar-refractivity contribution in [2.45, 2.75) is 13.0 Å². The fourth-order valence-corrected chi connectivity index (χ4v) is 2.23. The zero-order chi connectivity index (χ0) is 19.2. The van der Waals surface area contributed by atoms with Gasteiger partial charge in [-0.1, -0.05) is 30.3 Å². The molecule has 0 spiro atoms. The Balaban J connectivity index is 1.64. The maximum Gasteiger partial charge on any atom is 0.331 e. The minimum Gasteiger partial charge on any atom is -0.449 e. The summed E-state index contributed by atoms with van der Waals surface area (Å²) in [6.07, 6.45) is 2.22. The third kappa shape index (κ3) is 4.63. The highest BCUT2D eigenvalue weighted by Crippen LogP contribution is 2.24. The van der Waals surface area contributed by atoms with Crippen LogP contribution in [0.25, 0.3) is 17.5 Å². The molecule has 0 amide bonds. The van der Waals surface area contributed by atoms with Crippen LogP contribution in [-0.4, -0.2) is 21.1 Å². The third-order valence-corrected chi connectivity index (χ3v) is 3.62. The molecule has 0 saturated heterocycles. The first-order valence-electron chi connectivity index (χ1n) is 8.05. The number of non-ortho nitro benzene ring substituents is 1. The first-order valence-corrected chi connectivity index (χ1v) is 8.05. The Morgan fingerprint density at radius 1 is 1.15 bits per heavy atom. The molecule has 0 fully saturated rings. The lowest BCUT2D eigenvalue weighted by Crippen LogP contribution is -2.06. The van der Waals surface area contributed by atoms with Crippen molar-refractivity contribution in [3.8, 4) is 11.5 Å². The number of benzene rings is 2. The summed E-state index contributed by atoms with van der Waals surface area (Å²) in [5.41, 5.74) is 1.37. The van der Waals surface area contributed by atoms with Crippen LogP contribution >= 0.6 is 0 Å². The zero-order valence-corrected chi connectivity index (χ0v) is 14.3. The molecule has 0 bridgehead atoms. The lowest BCUT2D eigenvalue weighted by molar-refractivity contribution is -0.384. The smallest absolute Gasteiger partial charge is 0.331 e. The minimum atomic E-state index is -0.739. The summed E-state index contributed by atoms with van der Waals surface area (Å²) >= 11 is 0. The Hall–Kier alpha value is -3.81. The van der Waals surface area contributed by atoms with Gasteiger partial charge in [0.15, 0.2) is 6.10 Å². The molecule has 0 aliphatic heterocycles. The van der Waals surface area contributed by atoms with Gasteiger partial charge in [0.1, 0.15) is 0 Å². The second kappa shape index (κ2) is 8.05. The largest absolute Gasteiger partial charge is 0.449 e. The number of esters is 1. The van der Waals surface area contributed by atoms with E-state index in [9.17, 15) is 14.9 Å². The minimum absolute atomic E-state index is 0.0361. The maximum atomic E-state index is 11.9. The van der Waals surface area contributed by atoms with Crippen LogP contribution in [0.15, 0.2) is 65.1 Å². The normalized spacial score (nSPS) is 12.0. The van der Waals surface area contributed by atoms with E-state index in [2.05, 4.69) is 10.2 Å². The van der Waals surface area contributed by atoms with Crippen LogP contribution in [0.2, 0.25) is 0 Å². The van der Waals surface area contributed by atoms with E-state index in [0.29, 0.717) is 5.56 Å². The van der Waals surface area contributed by atoms with Crippen LogP contribution in [0.4, 0.5) is 5.69 Å². The number of aromatic nitrogens is 2. The molecule has 1 aromatic heterocycles. The first-order chi connectivity index (χ1) is 13.0. The average Bonchev–Trinajstić information content (AvgIpc) is 3.18. The van der Waals surface area contributed by atoms with Crippen molar-refractivity contribution in [3.63, 3.8) is 0 Å². The molecule has 1 heterocycles. The molecule has 8 heteroatoms. The van der Waals surface area contributed by atoms with E-state index in [4.69, 9.17) is 9.15 Å². The summed E-state index contributed by atoms with van der Waals surface area (Å²) in [5.74, 6) is -0.228. The van der Waals surface area contributed by atoms with Crippen molar-refractivity contribution >= 4 is 17.7 Å². The van der Waals surface area contributed by atoms with Gasteiger partial charge in [-0.15, -0.1) is 10.2 Å². The summed E-state index contributed by atoms with van der Waals surface area (Å²) in [7, 11) is 0. The molecule has 136 valence electrons. The molecule has 3 rings (SSSR count). The maximum absolute atomic E-state index is 11.9. The SMILES string of the molecule is C[C@@H](OC(=O)/C=C/c1ccccc1)c1nnc(-c2ccc([N+](=O)[O-])cc2)o1. The van der Waals surface area contributed by atoms with Gasteiger partial charge < -0.3 is 9.15 Å². The molecule has 0 saturated carbocycles. The third-order valence-electron chi connectivity index (χ3n) is 3.62. The van der Waals surface area contributed by atoms with E-state index in [0.717, 1.165) is 5.56 Å². The lowest BCUT2D eigenvalue weighted by Gasteiger charge is -2.06. The van der Waals surface area contributed by atoms with Crippen molar-refractivity contribution in [1.29, 1.82) is 0 Å². The number of hydrogen-bond donors (Lipinski definition) is 0. The van der Waals surface area contributed by atoms with Crippen LogP contribution in [0.1, 0.15) is 24.5 Å². The van der Waals surface area contributed by atoms with Gasteiger partial charge in [0.2, 0.25) is 5.89 Å². The van der Waals surface area contributed by atoms with Crippen molar-refractivity contribution in [3.05, 3.63) is 82.2 Å². The van der Waals surface area contributed by atoms with E-state index in [-0.39, 0.29) is 17.5 Å². The monoisotopic (exact) mass is 365 g/mol. The highest BCUT2D eigenvalue weighted by molar-refractivity contribution is 5.87. The zero-order valence-electron chi connectivity index (χ0n) is 14.3. The number of carbonyl (C=O) groups excluding carboxylic acids is 1. The van der Waals surface area contributed by atoms with Crippen LogP contribution in [0, 0.1) is 10.1 Å². The molecule has 0 aliphatic carbocycles. The van der Waals surface area contributed by atoms with Gasteiger partial charge in [0.05, 0.1) is 4.92 Å². The fraction of sp³-hybridized carbons (Fsp3) is 0.105. The molecule has 8 nitrogen and oxygen atoms in total. The Bertz CT molecular complexity index is 965. The Morgan fingerprint density at radius 3 is 2.52 bits per heavy atom.